The third-order valence-corrected chi connectivity index (χ3v) is 2.90. The first-order chi connectivity index (χ1) is 7.77. The Hall–Kier alpha value is -0.570. The molecule has 1 unspecified atom stereocenters. The Morgan fingerprint density at radius 2 is 2.00 bits per heavy atom. The third-order valence-electron chi connectivity index (χ3n) is 2.65. The molecule has 0 bridgehead atoms. The van der Waals surface area contributed by atoms with Crippen molar-refractivity contribution in [3.05, 3.63) is 34.9 Å². The van der Waals surface area contributed by atoms with Gasteiger partial charge in [-0.15, -0.1) is 0 Å². The molecule has 3 heteroatoms. The molecule has 0 amide bonds. The van der Waals surface area contributed by atoms with Crippen LogP contribution < -0.4 is 5.32 Å². The predicted molar refractivity (Wildman–Crippen MR) is 69.2 cm³/mol. The molecule has 0 aromatic heterocycles. The molecule has 2 nitrogen and oxygen atoms in total. The van der Waals surface area contributed by atoms with Gasteiger partial charge < -0.3 is 10.1 Å². The van der Waals surface area contributed by atoms with Crippen molar-refractivity contribution in [1.82, 2.24) is 5.32 Å². The summed E-state index contributed by atoms with van der Waals surface area (Å²) in [6, 6.07) is 8.09. The van der Waals surface area contributed by atoms with Crippen LogP contribution in [0.4, 0.5) is 0 Å². The van der Waals surface area contributed by atoms with Gasteiger partial charge in [0.15, 0.2) is 0 Å². The number of nitrogens with one attached hydrogen (secondary N) is 1. The van der Waals surface area contributed by atoms with Crippen LogP contribution in [-0.4, -0.2) is 26.8 Å². The summed E-state index contributed by atoms with van der Waals surface area (Å²) < 4.78 is 5.14. The maximum atomic E-state index is 5.88. The summed E-state index contributed by atoms with van der Waals surface area (Å²) in [5.74, 6) is 0.497. The van der Waals surface area contributed by atoms with Crippen LogP contribution >= 0.6 is 11.6 Å². The predicted octanol–water partition coefficient (Wildman–Crippen LogP) is 3.07. The van der Waals surface area contributed by atoms with Crippen LogP contribution in [0.2, 0.25) is 5.02 Å². The average molecular weight is 242 g/mol. The van der Waals surface area contributed by atoms with Crippen molar-refractivity contribution < 1.29 is 4.74 Å². The minimum Gasteiger partial charge on any atom is -0.385 e. The van der Waals surface area contributed by atoms with Gasteiger partial charge in [0.1, 0.15) is 0 Å². The first-order valence-electron chi connectivity index (χ1n) is 5.73. The summed E-state index contributed by atoms with van der Waals surface area (Å²) in [6.07, 6.45) is 1.03. The molecule has 1 aromatic rings. The maximum Gasteiger partial charge on any atom is 0.0468 e. The summed E-state index contributed by atoms with van der Waals surface area (Å²) in [4.78, 5) is 0. The maximum absolute atomic E-state index is 5.88. The molecule has 16 heavy (non-hydrogen) atoms. The Morgan fingerprint density at radius 1 is 1.31 bits per heavy atom. The van der Waals surface area contributed by atoms with Crippen molar-refractivity contribution in [2.45, 2.75) is 19.3 Å². The first kappa shape index (κ1) is 13.5. The minimum atomic E-state index is 0.497. The molecule has 1 N–H and O–H groups in total. The molecular formula is C13H20ClNO. The smallest absolute Gasteiger partial charge is 0.0468 e. The van der Waals surface area contributed by atoms with Gasteiger partial charge in [-0.25, -0.2) is 0 Å². The van der Waals surface area contributed by atoms with E-state index in [1.807, 2.05) is 12.1 Å². The minimum absolute atomic E-state index is 0.497. The van der Waals surface area contributed by atoms with E-state index in [1.54, 1.807) is 7.11 Å². The number of ether oxygens (including phenoxy) is 1. The van der Waals surface area contributed by atoms with Crippen molar-refractivity contribution in [1.29, 1.82) is 0 Å². The molecule has 1 rings (SSSR count). The molecule has 0 fully saturated rings. The summed E-state index contributed by atoms with van der Waals surface area (Å²) in [5, 5.41) is 4.17. The molecule has 0 aliphatic carbocycles. The van der Waals surface area contributed by atoms with E-state index in [9.17, 15) is 0 Å². The molecule has 0 heterocycles. The van der Waals surface area contributed by atoms with Crippen LogP contribution in [0.25, 0.3) is 0 Å². The van der Waals surface area contributed by atoms with Crippen LogP contribution in [0.15, 0.2) is 24.3 Å². The highest BCUT2D eigenvalue weighted by atomic mass is 35.5. The Balaban J connectivity index is 2.62. The van der Waals surface area contributed by atoms with Gasteiger partial charge >= 0.3 is 0 Å². The lowest BCUT2D eigenvalue weighted by Gasteiger charge is -2.17. The summed E-state index contributed by atoms with van der Waals surface area (Å²) in [6.45, 7) is 4.90. The summed E-state index contributed by atoms with van der Waals surface area (Å²) in [7, 11) is 1.74. The van der Waals surface area contributed by atoms with Crippen LogP contribution in [0, 0.1) is 0 Å². The second-order valence-electron chi connectivity index (χ2n) is 3.84. The van der Waals surface area contributed by atoms with Gasteiger partial charge in [-0.2, -0.15) is 0 Å². The van der Waals surface area contributed by atoms with Crippen molar-refractivity contribution in [2.75, 3.05) is 26.8 Å². The normalized spacial score (nSPS) is 12.7. The fourth-order valence-electron chi connectivity index (χ4n) is 1.70. The van der Waals surface area contributed by atoms with E-state index in [1.165, 1.54) is 5.56 Å². The van der Waals surface area contributed by atoms with Crippen LogP contribution in [0.1, 0.15) is 24.8 Å². The molecule has 1 atom stereocenters. The largest absolute Gasteiger partial charge is 0.385 e. The van der Waals surface area contributed by atoms with E-state index in [0.717, 1.165) is 31.1 Å². The van der Waals surface area contributed by atoms with Crippen molar-refractivity contribution >= 4 is 11.6 Å². The van der Waals surface area contributed by atoms with Crippen molar-refractivity contribution in [3.8, 4) is 0 Å². The Labute approximate surface area is 103 Å². The van der Waals surface area contributed by atoms with Crippen molar-refractivity contribution in [3.63, 3.8) is 0 Å². The van der Waals surface area contributed by atoms with Gasteiger partial charge in [-0.05, 0) is 36.6 Å². The topological polar surface area (TPSA) is 21.3 Å². The van der Waals surface area contributed by atoms with Crippen molar-refractivity contribution in [2.24, 2.45) is 0 Å². The van der Waals surface area contributed by atoms with Gasteiger partial charge in [0.25, 0.3) is 0 Å². The lowest BCUT2D eigenvalue weighted by molar-refractivity contribution is 0.187. The van der Waals surface area contributed by atoms with E-state index in [2.05, 4.69) is 24.4 Å². The zero-order valence-electron chi connectivity index (χ0n) is 10.0. The Bertz CT molecular complexity index is 278. The van der Waals surface area contributed by atoms with Gasteiger partial charge in [-0.3, -0.25) is 0 Å². The zero-order valence-corrected chi connectivity index (χ0v) is 10.8. The summed E-state index contributed by atoms with van der Waals surface area (Å²) in [5.41, 5.74) is 1.32. The SMILES string of the molecule is CCNCC(CCOC)c1ccc(Cl)cc1. The van der Waals surface area contributed by atoms with Crippen LogP contribution in [0.5, 0.6) is 0 Å². The molecule has 90 valence electrons. The van der Waals surface area contributed by atoms with E-state index < -0.39 is 0 Å². The molecule has 0 spiro atoms. The van der Waals surface area contributed by atoms with E-state index in [4.69, 9.17) is 16.3 Å². The van der Waals surface area contributed by atoms with E-state index in [0.29, 0.717) is 5.92 Å². The standard InChI is InChI=1S/C13H20ClNO/c1-3-15-10-12(8-9-16-2)11-4-6-13(14)7-5-11/h4-7,12,15H,3,8-10H2,1-2H3. The zero-order chi connectivity index (χ0) is 11.8. The number of halogens is 1. The molecule has 0 saturated heterocycles. The number of likely N-dealkylation sites (N-methyl/N-ethyl adjacent to an activating group) is 1. The molecule has 0 radical (unpaired) electrons. The quantitative estimate of drug-likeness (QED) is 0.792. The molecule has 0 aliphatic heterocycles. The van der Waals surface area contributed by atoms with Gasteiger partial charge in [0.05, 0.1) is 0 Å². The highest BCUT2D eigenvalue weighted by Crippen LogP contribution is 2.21. The molecular weight excluding hydrogens is 222 g/mol. The lowest BCUT2D eigenvalue weighted by atomic mass is 9.96. The van der Waals surface area contributed by atoms with Gasteiger partial charge in [-0.1, -0.05) is 30.7 Å². The van der Waals surface area contributed by atoms with Crippen LogP contribution in [-0.2, 0) is 4.74 Å². The summed E-state index contributed by atoms with van der Waals surface area (Å²) >= 11 is 5.88. The van der Waals surface area contributed by atoms with Gasteiger partial charge in [0.2, 0.25) is 0 Å². The highest BCUT2D eigenvalue weighted by molar-refractivity contribution is 6.30. The second-order valence-corrected chi connectivity index (χ2v) is 4.27. The number of benzene rings is 1. The lowest BCUT2D eigenvalue weighted by Crippen LogP contribution is -2.22. The van der Waals surface area contributed by atoms with E-state index >= 15 is 0 Å². The molecule has 1 aromatic carbocycles. The van der Waals surface area contributed by atoms with E-state index in [-0.39, 0.29) is 0 Å². The van der Waals surface area contributed by atoms with Crippen LogP contribution in [0.3, 0.4) is 0 Å². The molecule has 0 saturated carbocycles. The Kier molecular flexibility index (Phi) is 6.46. The average Bonchev–Trinajstić information content (AvgIpc) is 2.31. The number of methoxy groups -OCH3 is 1. The Morgan fingerprint density at radius 3 is 2.56 bits per heavy atom. The number of hydrogen-bond acceptors (Lipinski definition) is 2. The first-order valence-corrected chi connectivity index (χ1v) is 6.10. The number of hydrogen-bond donors (Lipinski definition) is 1. The highest BCUT2D eigenvalue weighted by Gasteiger charge is 2.10. The third kappa shape index (κ3) is 4.52. The second kappa shape index (κ2) is 7.66. The van der Waals surface area contributed by atoms with Gasteiger partial charge in [0, 0.05) is 25.3 Å². The number of rotatable bonds is 7. The fraction of sp³-hybridized carbons (Fsp3) is 0.538. The molecule has 0 aliphatic rings. The monoisotopic (exact) mass is 241 g/mol. The fourth-order valence-corrected chi connectivity index (χ4v) is 1.83.